The Morgan fingerprint density at radius 3 is 2.82 bits per heavy atom. The fraction of sp³-hybridized carbons (Fsp3) is 0.321. The fourth-order valence-corrected chi connectivity index (χ4v) is 5.20. The number of ether oxygens (including phenoxy) is 2. The predicted molar refractivity (Wildman–Crippen MR) is 147 cm³/mol. The van der Waals surface area contributed by atoms with Crippen molar-refractivity contribution < 1.29 is 27.8 Å². The molecule has 0 aliphatic carbocycles. The van der Waals surface area contributed by atoms with Gasteiger partial charge in [-0.05, 0) is 56.0 Å². The number of hydrogen-bond donors (Lipinski definition) is 2. The number of alkyl halides is 2. The summed E-state index contributed by atoms with van der Waals surface area (Å²) in [5.74, 6) is -1.82. The maximum absolute atomic E-state index is 13.9. The highest BCUT2D eigenvalue weighted by molar-refractivity contribution is 7.17. The lowest BCUT2D eigenvalue weighted by atomic mass is 10.1. The van der Waals surface area contributed by atoms with Gasteiger partial charge in [0.1, 0.15) is 0 Å². The molecule has 0 radical (unpaired) electrons. The highest BCUT2D eigenvalue weighted by Gasteiger charge is 2.46. The van der Waals surface area contributed by atoms with Crippen molar-refractivity contribution in [1.29, 1.82) is 0 Å². The van der Waals surface area contributed by atoms with E-state index in [1.165, 1.54) is 29.0 Å². The fourth-order valence-electron chi connectivity index (χ4n) is 4.30. The van der Waals surface area contributed by atoms with Crippen molar-refractivity contribution in [3.63, 3.8) is 0 Å². The van der Waals surface area contributed by atoms with E-state index in [0.717, 1.165) is 16.9 Å². The van der Waals surface area contributed by atoms with Gasteiger partial charge in [0.05, 0.1) is 27.7 Å². The van der Waals surface area contributed by atoms with Gasteiger partial charge in [-0.25, -0.2) is 4.98 Å². The summed E-state index contributed by atoms with van der Waals surface area (Å²) in [6.07, 6.45) is -2.42. The molecule has 0 bridgehead atoms. The lowest BCUT2D eigenvalue weighted by Gasteiger charge is -2.24. The average molecular weight is 555 g/mol. The molecular formula is C28H28F2N4O4S. The third-order valence-corrected chi connectivity index (χ3v) is 7.39. The largest absolute Gasteiger partial charge is 0.482 e. The smallest absolute Gasteiger partial charge is 0.423 e. The molecule has 3 heterocycles. The van der Waals surface area contributed by atoms with Crippen LogP contribution in [0.3, 0.4) is 0 Å². The van der Waals surface area contributed by atoms with E-state index >= 15 is 0 Å². The number of amides is 2. The van der Waals surface area contributed by atoms with Crippen LogP contribution in [0.25, 0.3) is 21.5 Å². The Balaban J connectivity index is 1.45. The molecule has 0 saturated carbocycles. The van der Waals surface area contributed by atoms with E-state index in [-0.39, 0.29) is 29.4 Å². The topological polar surface area (TPSA) is 94.5 Å². The van der Waals surface area contributed by atoms with Crippen LogP contribution in [-0.2, 0) is 22.5 Å². The van der Waals surface area contributed by atoms with Crippen molar-refractivity contribution in [2.45, 2.75) is 52.4 Å². The Bertz CT molecular complexity index is 1550. The van der Waals surface area contributed by atoms with Crippen molar-refractivity contribution >= 4 is 45.8 Å². The van der Waals surface area contributed by atoms with E-state index in [1.807, 2.05) is 32.0 Å². The molecule has 2 aromatic carbocycles. The quantitative estimate of drug-likeness (QED) is 0.236. The lowest BCUT2D eigenvalue weighted by Crippen LogP contribution is -2.43. The number of aryl methyl sites for hydroxylation is 2. The third kappa shape index (κ3) is 5.64. The molecule has 1 aliphatic heterocycles. The SMILES string of the molecule is CCc1cccc(-c2ccc(C(=O)Nc3nc4cc5c(cc4n3CCCOC(C)C)OC(F)(F)C(=O)N5)s2)c1. The molecule has 2 amide bonds. The number of carbonyl (C=O) groups is 2. The first-order valence-electron chi connectivity index (χ1n) is 12.7. The molecule has 0 spiro atoms. The number of imidazole rings is 1. The van der Waals surface area contributed by atoms with Crippen LogP contribution >= 0.6 is 11.3 Å². The molecule has 4 aromatic rings. The van der Waals surface area contributed by atoms with E-state index in [4.69, 9.17) is 4.74 Å². The molecule has 39 heavy (non-hydrogen) atoms. The lowest BCUT2D eigenvalue weighted by molar-refractivity contribution is -0.189. The minimum atomic E-state index is -3.98. The van der Waals surface area contributed by atoms with E-state index in [2.05, 4.69) is 39.4 Å². The molecule has 5 rings (SSSR count). The average Bonchev–Trinajstić information content (AvgIpc) is 3.51. The van der Waals surface area contributed by atoms with Crippen LogP contribution in [0.15, 0.2) is 48.5 Å². The maximum atomic E-state index is 13.9. The van der Waals surface area contributed by atoms with Crippen LogP contribution in [0.1, 0.15) is 42.4 Å². The van der Waals surface area contributed by atoms with Crippen molar-refractivity contribution in [1.82, 2.24) is 9.55 Å². The number of anilines is 2. The van der Waals surface area contributed by atoms with Crippen LogP contribution in [0.5, 0.6) is 5.75 Å². The number of halogens is 2. The predicted octanol–water partition coefficient (Wildman–Crippen LogP) is 6.32. The van der Waals surface area contributed by atoms with Gasteiger partial charge in [0.15, 0.2) is 5.75 Å². The van der Waals surface area contributed by atoms with Crippen LogP contribution in [-0.4, -0.2) is 40.2 Å². The number of thiophene rings is 1. The highest BCUT2D eigenvalue weighted by atomic mass is 32.1. The summed E-state index contributed by atoms with van der Waals surface area (Å²) in [5, 5.41) is 5.04. The van der Waals surface area contributed by atoms with Gasteiger partial charge in [0.25, 0.3) is 5.91 Å². The second-order valence-corrected chi connectivity index (χ2v) is 10.5. The number of carbonyl (C=O) groups excluding carboxylic acids is 2. The number of hydrogen-bond acceptors (Lipinski definition) is 6. The Kier molecular flexibility index (Phi) is 7.37. The summed E-state index contributed by atoms with van der Waals surface area (Å²) < 4.78 is 39.9. The van der Waals surface area contributed by atoms with Crippen LogP contribution in [0, 0.1) is 0 Å². The summed E-state index contributed by atoms with van der Waals surface area (Å²) in [6.45, 7) is 6.83. The van der Waals surface area contributed by atoms with Crippen molar-refractivity contribution in [3.05, 3.63) is 59.0 Å². The van der Waals surface area contributed by atoms with E-state index in [1.54, 1.807) is 10.6 Å². The summed E-state index contributed by atoms with van der Waals surface area (Å²) >= 11 is 1.37. The standard InChI is InChI=1S/C28H28F2N4O4S/c1-4-17-7-5-8-18(13-17)23-9-10-24(39-23)25(35)33-27-32-19-14-20-22(38-28(29,30)26(36)31-20)15-21(19)34(27)11-6-12-37-16(2)3/h5,7-10,13-16H,4,6,11-12H2,1-3H3,(H,31,36)(H,32,33,35). The van der Waals surface area contributed by atoms with Crippen LogP contribution in [0.2, 0.25) is 0 Å². The van der Waals surface area contributed by atoms with Gasteiger partial charge in [-0.2, -0.15) is 8.78 Å². The Morgan fingerprint density at radius 1 is 1.23 bits per heavy atom. The van der Waals surface area contributed by atoms with E-state index < -0.39 is 12.0 Å². The molecule has 0 saturated heterocycles. The van der Waals surface area contributed by atoms with Gasteiger partial charge >= 0.3 is 12.0 Å². The Morgan fingerprint density at radius 2 is 2.05 bits per heavy atom. The van der Waals surface area contributed by atoms with Crippen LogP contribution in [0.4, 0.5) is 20.4 Å². The normalized spacial score (nSPS) is 14.3. The van der Waals surface area contributed by atoms with Crippen molar-refractivity contribution in [3.8, 4) is 16.2 Å². The molecule has 0 fully saturated rings. The number of nitrogens with zero attached hydrogens (tertiary/aromatic N) is 2. The number of fused-ring (bicyclic) bond motifs is 2. The van der Waals surface area contributed by atoms with E-state index in [0.29, 0.717) is 35.5 Å². The zero-order chi connectivity index (χ0) is 27.7. The van der Waals surface area contributed by atoms with Crippen molar-refractivity contribution in [2.75, 3.05) is 17.2 Å². The first kappa shape index (κ1) is 26.8. The maximum Gasteiger partial charge on any atom is 0.482 e. The van der Waals surface area contributed by atoms with Gasteiger partial charge in [-0.3, -0.25) is 14.9 Å². The first-order valence-corrected chi connectivity index (χ1v) is 13.5. The van der Waals surface area contributed by atoms with Gasteiger partial charge < -0.3 is 19.4 Å². The summed E-state index contributed by atoms with van der Waals surface area (Å²) in [4.78, 5) is 31.0. The van der Waals surface area contributed by atoms with Gasteiger partial charge in [-0.15, -0.1) is 11.3 Å². The van der Waals surface area contributed by atoms with Gasteiger partial charge in [-0.1, -0.05) is 31.2 Å². The molecule has 11 heteroatoms. The molecule has 1 aliphatic rings. The minimum Gasteiger partial charge on any atom is -0.423 e. The molecular weight excluding hydrogens is 526 g/mol. The number of rotatable bonds is 9. The Labute approximate surface area is 227 Å². The summed E-state index contributed by atoms with van der Waals surface area (Å²) in [5.41, 5.74) is 3.22. The van der Waals surface area contributed by atoms with Gasteiger partial charge in [0.2, 0.25) is 5.95 Å². The van der Waals surface area contributed by atoms with Crippen molar-refractivity contribution in [2.24, 2.45) is 0 Å². The highest BCUT2D eigenvalue weighted by Crippen LogP contribution is 2.39. The Hall–Kier alpha value is -3.83. The second-order valence-electron chi connectivity index (χ2n) is 9.44. The zero-order valence-electron chi connectivity index (χ0n) is 21.7. The number of aromatic nitrogens is 2. The molecule has 8 nitrogen and oxygen atoms in total. The van der Waals surface area contributed by atoms with Crippen LogP contribution < -0.4 is 15.4 Å². The number of nitrogens with one attached hydrogen (secondary N) is 2. The second kappa shape index (κ2) is 10.7. The zero-order valence-corrected chi connectivity index (χ0v) is 22.5. The summed E-state index contributed by atoms with van der Waals surface area (Å²) in [6, 6.07) is 14.7. The first-order chi connectivity index (χ1) is 18.6. The minimum absolute atomic E-state index is 0.0565. The molecule has 0 unspecified atom stereocenters. The monoisotopic (exact) mass is 554 g/mol. The third-order valence-electron chi connectivity index (χ3n) is 6.25. The van der Waals surface area contributed by atoms with Gasteiger partial charge in [0, 0.05) is 24.1 Å². The molecule has 0 atom stereocenters. The molecule has 2 aromatic heterocycles. The van der Waals surface area contributed by atoms with E-state index in [9.17, 15) is 18.4 Å². The number of benzene rings is 2. The molecule has 204 valence electrons. The molecule has 2 N–H and O–H groups in total. The summed E-state index contributed by atoms with van der Waals surface area (Å²) in [7, 11) is 0.